The van der Waals surface area contributed by atoms with Crippen molar-refractivity contribution < 1.29 is 13.9 Å². The lowest BCUT2D eigenvalue weighted by molar-refractivity contribution is 0.0531. The number of carbonyl (C=O) groups excluding carboxylic acids is 1. The summed E-state index contributed by atoms with van der Waals surface area (Å²) in [4.78, 5) is 28.6. The first-order valence-electron chi connectivity index (χ1n) is 6.76. The first-order valence-corrected chi connectivity index (χ1v) is 7.58. The van der Waals surface area contributed by atoms with E-state index in [0.717, 1.165) is 5.56 Å². The predicted octanol–water partition coefficient (Wildman–Crippen LogP) is 3.40. The fourth-order valence-electron chi connectivity index (χ4n) is 2.12. The second kappa shape index (κ2) is 5.73. The van der Waals surface area contributed by atoms with Gasteiger partial charge in [0, 0.05) is 11.6 Å². The minimum Gasteiger partial charge on any atom is -0.464 e. The van der Waals surface area contributed by atoms with Crippen molar-refractivity contribution in [1.29, 1.82) is 0 Å². The topological polar surface area (TPSA) is 69.4 Å². The summed E-state index contributed by atoms with van der Waals surface area (Å²) in [5.74, 6) is -0.371. The Hall–Kier alpha value is -2.47. The molecule has 0 spiro atoms. The Bertz CT molecular complexity index is 910. The number of carbonyl (C=O) groups is 1. The summed E-state index contributed by atoms with van der Waals surface area (Å²) in [7, 11) is 0. The van der Waals surface area contributed by atoms with Crippen molar-refractivity contribution in [3.8, 4) is 10.6 Å². The molecule has 0 aliphatic heterocycles. The zero-order valence-electron chi connectivity index (χ0n) is 12.1. The van der Waals surface area contributed by atoms with Crippen LogP contribution in [0, 0.1) is 6.92 Å². The molecule has 2 heterocycles. The number of esters is 1. The molecule has 0 saturated carbocycles. The number of ether oxygens (including phenoxy) is 1. The maximum Gasteiger partial charge on any atom is 0.350 e. The molecule has 3 rings (SSSR count). The number of hydrogen-bond donors (Lipinski definition) is 0. The molecule has 0 bridgehead atoms. The van der Waals surface area contributed by atoms with Gasteiger partial charge in [0.05, 0.1) is 24.0 Å². The zero-order chi connectivity index (χ0) is 15.7. The normalized spacial score (nSPS) is 10.8. The number of aryl methyl sites for hydroxylation is 1. The lowest BCUT2D eigenvalue weighted by Gasteiger charge is -1.99. The van der Waals surface area contributed by atoms with Gasteiger partial charge in [0.15, 0.2) is 5.43 Å². The number of rotatable bonds is 3. The summed E-state index contributed by atoms with van der Waals surface area (Å²) >= 11 is 1.26. The van der Waals surface area contributed by atoms with Crippen molar-refractivity contribution in [2.45, 2.75) is 13.8 Å². The van der Waals surface area contributed by atoms with Crippen molar-refractivity contribution in [2.24, 2.45) is 0 Å². The minimum atomic E-state index is -0.371. The molecule has 0 amide bonds. The molecule has 1 aromatic carbocycles. The molecule has 112 valence electrons. The summed E-state index contributed by atoms with van der Waals surface area (Å²) in [6.45, 7) is 3.85. The number of benzene rings is 1. The van der Waals surface area contributed by atoms with Crippen LogP contribution in [0.4, 0.5) is 0 Å². The second-order valence-electron chi connectivity index (χ2n) is 4.65. The number of aromatic nitrogens is 1. The average molecular weight is 315 g/mol. The smallest absolute Gasteiger partial charge is 0.350 e. The number of fused-ring (bicyclic) bond motifs is 1. The molecule has 0 atom stereocenters. The van der Waals surface area contributed by atoms with E-state index in [1.807, 2.05) is 6.07 Å². The largest absolute Gasteiger partial charge is 0.464 e. The zero-order valence-corrected chi connectivity index (χ0v) is 12.9. The van der Waals surface area contributed by atoms with Gasteiger partial charge in [-0.25, -0.2) is 9.78 Å². The first-order chi connectivity index (χ1) is 10.6. The Morgan fingerprint density at radius 2 is 2.18 bits per heavy atom. The van der Waals surface area contributed by atoms with Crippen LogP contribution < -0.4 is 5.43 Å². The van der Waals surface area contributed by atoms with E-state index in [-0.39, 0.29) is 11.4 Å². The molecule has 3 aromatic rings. The van der Waals surface area contributed by atoms with Crippen LogP contribution >= 0.6 is 11.3 Å². The van der Waals surface area contributed by atoms with Gasteiger partial charge in [-0.2, -0.15) is 0 Å². The SMILES string of the molecule is CCOC(=O)c1sc(-c2ccc3occc(=O)c3c2)nc1C. The molecule has 0 unspecified atom stereocenters. The lowest BCUT2D eigenvalue weighted by atomic mass is 10.1. The van der Waals surface area contributed by atoms with E-state index in [1.54, 1.807) is 26.0 Å². The lowest BCUT2D eigenvalue weighted by Crippen LogP contribution is -2.03. The van der Waals surface area contributed by atoms with Gasteiger partial charge in [-0.15, -0.1) is 11.3 Å². The van der Waals surface area contributed by atoms with E-state index in [0.29, 0.717) is 33.2 Å². The van der Waals surface area contributed by atoms with Crippen LogP contribution in [0.15, 0.2) is 39.7 Å². The van der Waals surface area contributed by atoms with Gasteiger partial charge in [-0.1, -0.05) is 0 Å². The Balaban J connectivity index is 2.08. The van der Waals surface area contributed by atoms with Crippen molar-refractivity contribution in [2.75, 3.05) is 6.61 Å². The van der Waals surface area contributed by atoms with Crippen LogP contribution in [-0.2, 0) is 4.74 Å². The molecule has 2 aromatic heterocycles. The Kier molecular flexibility index (Phi) is 3.77. The minimum absolute atomic E-state index is 0.109. The predicted molar refractivity (Wildman–Crippen MR) is 84.3 cm³/mol. The van der Waals surface area contributed by atoms with Crippen LogP contribution in [0.5, 0.6) is 0 Å². The molecule has 0 aliphatic carbocycles. The highest BCUT2D eigenvalue weighted by molar-refractivity contribution is 7.17. The maximum atomic E-state index is 11.9. The highest BCUT2D eigenvalue weighted by Crippen LogP contribution is 2.29. The Morgan fingerprint density at radius 3 is 2.95 bits per heavy atom. The Labute approximate surface area is 130 Å². The summed E-state index contributed by atoms with van der Waals surface area (Å²) in [6, 6.07) is 6.66. The Morgan fingerprint density at radius 1 is 1.36 bits per heavy atom. The third-order valence-corrected chi connectivity index (χ3v) is 4.35. The number of hydrogen-bond acceptors (Lipinski definition) is 6. The quantitative estimate of drug-likeness (QED) is 0.693. The van der Waals surface area contributed by atoms with Crippen LogP contribution in [-0.4, -0.2) is 17.6 Å². The van der Waals surface area contributed by atoms with Gasteiger partial charge >= 0.3 is 5.97 Å². The van der Waals surface area contributed by atoms with Crippen molar-refractivity contribution in [1.82, 2.24) is 4.98 Å². The number of nitrogens with zero attached hydrogens (tertiary/aromatic N) is 1. The molecular weight excluding hydrogens is 302 g/mol. The van der Waals surface area contributed by atoms with E-state index in [4.69, 9.17) is 9.15 Å². The average Bonchev–Trinajstić information content (AvgIpc) is 2.90. The number of thiazole rings is 1. The van der Waals surface area contributed by atoms with Gasteiger partial charge in [-0.3, -0.25) is 4.79 Å². The van der Waals surface area contributed by atoms with E-state index >= 15 is 0 Å². The summed E-state index contributed by atoms with van der Waals surface area (Å²) in [5.41, 5.74) is 1.81. The standard InChI is InChI=1S/C16H13NO4S/c1-3-20-16(19)14-9(2)17-15(22-14)10-4-5-13-11(8-10)12(18)6-7-21-13/h4-8H,3H2,1-2H3. The second-order valence-corrected chi connectivity index (χ2v) is 5.65. The van der Waals surface area contributed by atoms with Crippen LogP contribution in [0.25, 0.3) is 21.5 Å². The highest BCUT2D eigenvalue weighted by Gasteiger charge is 2.17. The highest BCUT2D eigenvalue weighted by atomic mass is 32.1. The molecule has 6 heteroatoms. The third-order valence-electron chi connectivity index (χ3n) is 3.16. The van der Waals surface area contributed by atoms with Crippen LogP contribution in [0.3, 0.4) is 0 Å². The van der Waals surface area contributed by atoms with E-state index in [1.165, 1.54) is 23.7 Å². The third kappa shape index (κ3) is 2.53. The fraction of sp³-hybridized carbons (Fsp3) is 0.188. The molecular formula is C16H13NO4S. The molecule has 22 heavy (non-hydrogen) atoms. The molecule has 0 saturated heterocycles. The summed E-state index contributed by atoms with van der Waals surface area (Å²) in [6.07, 6.45) is 1.37. The van der Waals surface area contributed by atoms with Crippen LogP contribution in [0.2, 0.25) is 0 Å². The van der Waals surface area contributed by atoms with Gasteiger partial charge in [0.2, 0.25) is 0 Å². The van der Waals surface area contributed by atoms with Gasteiger partial charge < -0.3 is 9.15 Å². The molecule has 0 radical (unpaired) electrons. The fourth-order valence-corrected chi connectivity index (χ4v) is 3.08. The molecule has 0 fully saturated rings. The van der Waals surface area contributed by atoms with Crippen molar-refractivity contribution in [3.63, 3.8) is 0 Å². The molecule has 0 N–H and O–H groups in total. The van der Waals surface area contributed by atoms with Crippen LogP contribution in [0.1, 0.15) is 22.3 Å². The summed E-state index contributed by atoms with van der Waals surface area (Å²) < 4.78 is 10.3. The van der Waals surface area contributed by atoms with Crippen molar-refractivity contribution in [3.05, 3.63) is 51.3 Å². The molecule has 0 aliphatic rings. The monoisotopic (exact) mass is 315 g/mol. The summed E-state index contributed by atoms with van der Waals surface area (Å²) in [5, 5.41) is 1.16. The molecule has 5 nitrogen and oxygen atoms in total. The van der Waals surface area contributed by atoms with Gasteiger partial charge in [0.25, 0.3) is 0 Å². The maximum absolute atomic E-state index is 11.9. The van der Waals surface area contributed by atoms with E-state index in [2.05, 4.69) is 4.98 Å². The van der Waals surface area contributed by atoms with Crippen molar-refractivity contribution >= 4 is 28.3 Å². The van der Waals surface area contributed by atoms with Gasteiger partial charge in [0.1, 0.15) is 15.5 Å². The first kappa shape index (κ1) is 14.5. The van der Waals surface area contributed by atoms with E-state index < -0.39 is 0 Å². The van der Waals surface area contributed by atoms with E-state index in [9.17, 15) is 9.59 Å². The van der Waals surface area contributed by atoms with Gasteiger partial charge in [-0.05, 0) is 32.0 Å².